The van der Waals surface area contributed by atoms with Crippen LogP contribution in [-0.2, 0) is 25.5 Å². The van der Waals surface area contributed by atoms with Crippen LogP contribution >= 0.6 is 11.6 Å². The maximum absolute atomic E-state index is 13.5. The van der Waals surface area contributed by atoms with Gasteiger partial charge in [0.25, 0.3) is 0 Å². The van der Waals surface area contributed by atoms with Gasteiger partial charge < -0.3 is 15.0 Å². The normalized spacial score (nSPS) is 19.5. The van der Waals surface area contributed by atoms with E-state index >= 15 is 0 Å². The number of rotatable bonds is 4. The van der Waals surface area contributed by atoms with E-state index in [1.54, 1.807) is 18.3 Å². The lowest BCUT2D eigenvalue weighted by Gasteiger charge is -2.34. The molecule has 2 aliphatic rings. The Hall–Kier alpha value is -4.04. The Morgan fingerprint density at radius 2 is 2.00 bits per heavy atom. The van der Waals surface area contributed by atoms with Crippen LogP contribution in [0.2, 0.25) is 5.15 Å². The van der Waals surface area contributed by atoms with E-state index in [0.29, 0.717) is 42.3 Å². The Morgan fingerprint density at radius 3 is 2.77 bits per heavy atom. The van der Waals surface area contributed by atoms with Gasteiger partial charge in [-0.05, 0) is 66.3 Å². The topological polar surface area (TPSA) is 101 Å². The van der Waals surface area contributed by atoms with Crippen molar-refractivity contribution in [1.82, 2.24) is 14.9 Å². The summed E-state index contributed by atoms with van der Waals surface area (Å²) in [4.78, 5) is 49.4. The molecule has 1 aromatic carbocycles. The summed E-state index contributed by atoms with van der Waals surface area (Å²) in [6.45, 7) is 2.43. The summed E-state index contributed by atoms with van der Waals surface area (Å²) < 4.78 is 4.82. The van der Waals surface area contributed by atoms with E-state index in [1.807, 2.05) is 54.3 Å². The molecule has 2 aromatic heterocycles. The van der Waals surface area contributed by atoms with Crippen LogP contribution in [0.1, 0.15) is 55.6 Å². The quantitative estimate of drug-likeness (QED) is 0.329. The van der Waals surface area contributed by atoms with Crippen molar-refractivity contribution in [3.05, 3.63) is 82.9 Å². The molecule has 206 valence electrons. The average Bonchev–Trinajstić information content (AvgIpc) is 2.95. The second kappa shape index (κ2) is 12.0. The number of benzene rings is 1. The number of hydrogen-bond donors (Lipinski definition) is 1. The van der Waals surface area contributed by atoms with E-state index in [2.05, 4.69) is 10.3 Å². The van der Waals surface area contributed by atoms with Crippen molar-refractivity contribution in [3.8, 4) is 11.1 Å². The summed E-state index contributed by atoms with van der Waals surface area (Å²) in [7, 11) is 1.35. The number of nitrogens with one attached hydrogen (secondary N) is 1. The number of pyridine rings is 2. The van der Waals surface area contributed by atoms with Gasteiger partial charge in [-0.2, -0.15) is 0 Å². The summed E-state index contributed by atoms with van der Waals surface area (Å²) in [5.74, 6) is -0.762. The lowest BCUT2D eigenvalue weighted by Crippen LogP contribution is -2.38. The first-order valence-corrected chi connectivity index (χ1v) is 13.8. The van der Waals surface area contributed by atoms with E-state index < -0.39 is 0 Å². The Balaban J connectivity index is 1.51. The van der Waals surface area contributed by atoms with Gasteiger partial charge in [-0.15, -0.1) is 0 Å². The molecule has 3 aromatic rings. The SMILES string of the molecule is COC(=O)Cc1ccc2c(c1)NC(=O)[C@H](C)CCC[C@H](N1CCC(c3cccc(Cl)n3)=CC1=O)c1cc-2ccn1. The zero-order valence-electron chi connectivity index (χ0n) is 22.5. The number of amides is 2. The highest BCUT2D eigenvalue weighted by molar-refractivity contribution is 6.29. The van der Waals surface area contributed by atoms with Crippen molar-refractivity contribution in [2.75, 3.05) is 19.0 Å². The van der Waals surface area contributed by atoms with Crippen molar-refractivity contribution in [3.63, 3.8) is 0 Å². The molecule has 2 aliphatic heterocycles. The Kier molecular flexibility index (Phi) is 8.26. The fourth-order valence-corrected chi connectivity index (χ4v) is 5.48. The van der Waals surface area contributed by atoms with Crippen molar-refractivity contribution >= 4 is 40.6 Å². The third-order valence-corrected chi connectivity index (χ3v) is 7.75. The molecule has 0 aliphatic carbocycles. The van der Waals surface area contributed by atoms with Gasteiger partial charge in [-0.3, -0.25) is 19.4 Å². The summed E-state index contributed by atoms with van der Waals surface area (Å²) in [6.07, 6.45) is 6.24. The first kappa shape index (κ1) is 27.5. The molecule has 8 nitrogen and oxygen atoms in total. The van der Waals surface area contributed by atoms with Crippen LogP contribution < -0.4 is 5.32 Å². The molecule has 2 atom stereocenters. The molecule has 0 radical (unpaired) electrons. The van der Waals surface area contributed by atoms with Gasteiger partial charge in [0.2, 0.25) is 11.8 Å². The molecular formula is C31H31ClN4O4. The minimum absolute atomic E-state index is 0.0847. The van der Waals surface area contributed by atoms with E-state index in [-0.39, 0.29) is 36.2 Å². The maximum atomic E-state index is 13.5. The fraction of sp³-hybridized carbons (Fsp3) is 0.323. The number of aromatic nitrogens is 2. The highest BCUT2D eigenvalue weighted by Gasteiger charge is 2.30. The molecular weight excluding hydrogens is 528 g/mol. The van der Waals surface area contributed by atoms with Crippen molar-refractivity contribution in [1.29, 1.82) is 0 Å². The molecule has 1 N–H and O–H groups in total. The maximum Gasteiger partial charge on any atom is 0.309 e. The van der Waals surface area contributed by atoms with Gasteiger partial charge in [0.05, 0.1) is 31.0 Å². The summed E-state index contributed by atoms with van der Waals surface area (Å²) >= 11 is 6.08. The number of halogens is 1. The lowest BCUT2D eigenvalue weighted by atomic mass is 9.93. The van der Waals surface area contributed by atoms with Crippen molar-refractivity contribution in [2.45, 2.75) is 45.1 Å². The number of anilines is 1. The predicted molar refractivity (Wildman–Crippen MR) is 153 cm³/mol. The number of carbonyl (C=O) groups excluding carboxylic acids is 3. The van der Waals surface area contributed by atoms with Crippen LogP contribution in [0.3, 0.4) is 0 Å². The lowest BCUT2D eigenvalue weighted by molar-refractivity contribution is -0.139. The van der Waals surface area contributed by atoms with Gasteiger partial charge in [0.1, 0.15) is 5.15 Å². The van der Waals surface area contributed by atoms with E-state index in [1.165, 1.54) is 7.11 Å². The Bertz CT molecular complexity index is 1490. The minimum atomic E-state index is -0.351. The third-order valence-electron chi connectivity index (χ3n) is 7.54. The molecule has 0 unspecified atom stereocenters. The number of carbonyl (C=O) groups is 3. The summed E-state index contributed by atoms with van der Waals surface area (Å²) in [5.41, 5.74) is 5.43. The second-order valence-corrected chi connectivity index (χ2v) is 10.6. The van der Waals surface area contributed by atoms with E-state index in [9.17, 15) is 14.4 Å². The van der Waals surface area contributed by atoms with Crippen molar-refractivity contribution < 1.29 is 19.1 Å². The number of ether oxygens (including phenoxy) is 1. The monoisotopic (exact) mass is 558 g/mol. The van der Waals surface area contributed by atoms with Crippen LogP contribution in [0.4, 0.5) is 5.69 Å². The smallest absolute Gasteiger partial charge is 0.309 e. The predicted octanol–water partition coefficient (Wildman–Crippen LogP) is 5.63. The first-order valence-electron chi connectivity index (χ1n) is 13.4. The molecule has 0 fully saturated rings. The van der Waals surface area contributed by atoms with Crippen LogP contribution in [-0.4, -0.2) is 46.3 Å². The third kappa shape index (κ3) is 6.07. The van der Waals surface area contributed by atoms with Crippen LogP contribution in [0.5, 0.6) is 0 Å². The van der Waals surface area contributed by atoms with Gasteiger partial charge >= 0.3 is 5.97 Å². The summed E-state index contributed by atoms with van der Waals surface area (Å²) in [6, 6.07) is 14.6. The zero-order valence-corrected chi connectivity index (χ0v) is 23.3. The molecule has 9 heteroatoms. The van der Waals surface area contributed by atoms with Gasteiger partial charge in [0, 0.05) is 36.0 Å². The fourth-order valence-electron chi connectivity index (χ4n) is 5.32. The molecule has 0 saturated carbocycles. The summed E-state index contributed by atoms with van der Waals surface area (Å²) in [5, 5.41) is 3.47. The van der Waals surface area contributed by atoms with E-state index in [0.717, 1.165) is 34.4 Å². The van der Waals surface area contributed by atoms with Gasteiger partial charge in [-0.1, -0.05) is 43.1 Å². The molecule has 2 bridgehead atoms. The molecule has 5 rings (SSSR count). The number of methoxy groups -OCH3 is 1. The van der Waals surface area contributed by atoms with Crippen molar-refractivity contribution in [2.24, 2.45) is 5.92 Å². The molecule has 2 amide bonds. The Morgan fingerprint density at radius 1 is 1.15 bits per heavy atom. The second-order valence-electron chi connectivity index (χ2n) is 10.2. The molecule has 40 heavy (non-hydrogen) atoms. The average molecular weight is 559 g/mol. The largest absolute Gasteiger partial charge is 0.469 e. The standard InChI is InChI=1S/C31H31ClN4O4/c1-19-5-3-7-27(36-14-12-22(18-29(36)37)24-6-4-8-28(32)34-24)26-17-21(11-13-33-26)23-10-9-20(16-30(38)40-2)15-25(23)35-31(19)39/h4,6,8-11,13,15,17-19,27H,3,5,7,12,14,16H2,1-2H3,(H,35,39)/t19-,27+/m1/s1. The highest BCUT2D eigenvalue weighted by atomic mass is 35.5. The molecule has 4 heterocycles. The van der Waals surface area contributed by atoms with Gasteiger partial charge in [-0.25, -0.2) is 4.98 Å². The minimum Gasteiger partial charge on any atom is -0.469 e. The first-order chi connectivity index (χ1) is 19.3. The Labute approximate surface area is 238 Å². The number of fused-ring (bicyclic) bond motifs is 4. The highest BCUT2D eigenvalue weighted by Crippen LogP contribution is 2.36. The number of nitrogens with zero attached hydrogens (tertiary/aromatic N) is 3. The zero-order chi connectivity index (χ0) is 28.2. The van der Waals surface area contributed by atoms with Crippen LogP contribution in [0.15, 0.2) is 60.8 Å². The van der Waals surface area contributed by atoms with Gasteiger partial charge in [0.15, 0.2) is 0 Å². The number of esters is 1. The molecule has 0 spiro atoms. The molecule has 0 saturated heterocycles. The van der Waals surface area contributed by atoms with E-state index in [4.69, 9.17) is 21.3 Å². The van der Waals surface area contributed by atoms with Crippen LogP contribution in [0, 0.1) is 5.92 Å². The number of hydrogen-bond acceptors (Lipinski definition) is 6. The van der Waals surface area contributed by atoms with Crippen LogP contribution in [0.25, 0.3) is 16.7 Å².